The number of rotatable bonds is 5. The van der Waals surface area contributed by atoms with Crippen molar-refractivity contribution >= 4 is 17.3 Å². The highest BCUT2D eigenvalue weighted by atomic mass is 32.1. The van der Waals surface area contributed by atoms with Gasteiger partial charge in [0.1, 0.15) is 11.6 Å². The molecular weight excluding hydrogens is 324 g/mol. The van der Waals surface area contributed by atoms with Crippen LogP contribution < -0.4 is 4.73 Å². The maximum Gasteiger partial charge on any atom is 0.338 e. The number of pyridine rings is 1. The van der Waals surface area contributed by atoms with E-state index in [1.165, 1.54) is 41.4 Å². The van der Waals surface area contributed by atoms with E-state index < -0.39 is 5.97 Å². The van der Waals surface area contributed by atoms with Crippen LogP contribution in [0.5, 0.6) is 0 Å². The Kier molecular flexibility index (Phi) is 4.86. The number of carbonyl (C=O) groups is 1. The SMILES string of the molecule is CCc1ccc(-c2nc(COC(=O)c3cc[n+]([O-])cc3)cs2)cc1. The van der Waals surface area contributed by atoms with Crippen LogP contribution in [0.25, 0.3) is 10.6 Å². The molecule has 122 valence electrons. The van der Waals surface area contributed by atoms with Gasteiger partial charge in [-0.15, -0.1) is 11.3 Å². The minimum atomic E-state index is -0.475. The Bertz CT molecular complexity index is 826. The number of hydrogen-bond donors (Lipinski definition) is 0. The van der Waals surface area contributed by atoms with Crippen molar-refractivity contribution in [1.29, 1.82) is 0 Å². The summed E-state index contributed by atoms with van der Waals surface area (Å²) in [5, 5.41) is 13.7. The molecule has 3 aromatic rings. The third kappa shape index (κ3) is 3.78. The molecule has 0 saturated heterocycles. The van der Waals surface area contributed by atoms with Gasteiger partial charge in [0.15, 0.2) is 12.4 Å². The van der Waals surface area contributed by atoms with Crippen LogP contribution in [-0.2, 0) is 17.8 Å². The average Bonchev–Trinajstić information content (AvgIpc) is 3.09. The smallest absolute Gasteiger partial charge is 0.338 e. The van der Waals surface area contributed by atoms with Gasteiger partial charge in [0.2, 0.25) is 0 Å². The molecule has 24 heavy (non-hydrogen) atoms. The summed E-state index contributed by atoms with van der Waals surface area (Å²) in [6.07, 6.45) is 3.53. The molecule has 1 aromatic carbocycles. The summed E-state index contributed by atoms with van der Waals surface area (Å²) < 4.78 is 5.85. The highest BCUT2D eigenvalue weighted by molar-refractivity contribution is 7.13. The Hall–Kier alpha value is -2.73. The topological polar surface area (TPSA) is 66.1 Å². The average molecular weight is 340 g/mol. The number of aryl methyl sites for hydroxylation is 1. The van der Waals surface area contributed by atoms with Crippen LogP contribution in [0.3, 0.4) is 0 Å². The lowest BCUT2D eigenvalue weighted by Gasteiger charge is -2.02. The zero-order valence-electron chi connectivity index (χ0n) is 13.1. The standard InChI is InChI=1S/C18H16N2O3S/c1-2-13-3-5-14(6-4-13)17-19-16(12-24-17)11-23-18(21)15-7-9-20(22)10-8-15/h3-10,12H,2,11H2,1H3. The molecular formula is C18H16N2O3S. The first-order valence-corrected chi connectivity index (χ1v) is 8.43. The van der Waals surface area contributed by atoms with Crippen molar-refractivity contribution in [3.63, 3.8) is 0 Å². The predicted octanol–water partition coefficient (Wildman–Crippen LogP) is 3.36. The molecule has 0 fully saturated rings. The molecule has 3 rings (SSSR count). The third-order valence-electron chi connectivity index (χ3n) is 3.55. The van der Waals surface area contributed by atoms with Crippen molar-refractivity contribution in [2.24, 2.45) is 0 Å². The van der Waals surface area contributed by atoms with E-state index in [0.717, 1.165) is 17.0 Å². The van der Waals surface area contributed by atoms with E-state index in [2.05, 4.69) is 36.2 Å². The summed E-state index contributed by atoms with van der Waals surface area (Å²) in [4.78, 5) is 16.4. The molecule has 6 heteroatoms. The van der Waals surface area contributed by atoms with E-state index in [1.54, 1.807) is 0 Å². The molecule has 2 heterocycles. The van der Waals surface area contributed by atoms with Gasteiger partial charge in [0.05, 0.1) is 11.3 Å². The van der Waals surface area contributed by atoms with E-state index in [1.807, 2.05) is 5.38 Å². The Morgan fingerprint density at radius 3 is 2.58 bits per heavy atom. The van der Waals surface area contributed by atoms with Crippen LogP contribution in [0, 0.1) is 5.21 Å². The molecule has 0 aliphatic carbocycles. The monoisotopic (exact) mass is 340 g/mol. The fourth-order valence-electron chi connectivity index (χ4n) is 2.16. The molecule has 0 N–H and O–H groups in total. The molecule has 0 spiro atoms. The number of nitrogens with zero attached hydrogens (tertiary/aromatic N) is 2. The van der Waals surface area contributed by atoms with E-state index in [0.29, 0.717) is 16.0 Å². The number of thiazole rings is 1. The quantitative estimate of drug-likeness (QED) is 0.406. The fourth-order valence-corrected chi connectivity index (χ4v) is 2.97. The number of hydrogen-bond acceptors (Lipinski definition) is 5. The molecule has 2 aromatic heterocycles. The second kappa shape index (κ2) is 7.23. The minimum absolute atomic E-state index is 0.106. The van der Waals surface area contributed by atoms with Gasteiger partial charge < -0.3 is 9.94 Å². The molecule has 0 aliphatic rings. The summed E-state index contributed by atoms with van der Waals surface area (Å²) in [6.45, 7) is 2.22. The van der Waals surface area contributed by atoms with E-state index in [4.69, 9.17) is 4.74 Å². The van der Waals surface area contributed by atoms with Gasteiger partial charge in [-0.1, -0.05) is 31.2 Å². The maximum absolute atomic E-state index is 11.9. The second-order valence-corrected chi connectivity index (χ2v) is 6.08. The van der Waals surface area contributed by atoms with Crippen LogP contribution in [0.1, 0.15) is 28.5 Å². The van der Waals surface area contributed by atoms with Crippen molar-refractivity contribution in [1.82, 2.24) is 4.98 Å². The highest BCUT2D eigenvalue weighted by Crippen LogP contribution is 2.24. The molecule has 0 bridgehead atoms. The number of esters is 1. The molecule has 0 saturated carbocycles. The number of benzene rings is 1. The molecule has 0 radical (unpaired) electrons. The van der Waals surface area contributed by atoms with Gasteiger partial charge in [0.25, 0.3) is 0 Å². The van der Waals surface area contributed by atoms with Gasteiger partial charge in [-0.3, -0.25) is 0 Å². The normalized spacial score (nSPS) is 10.5. The zero-order valence-corrected chi connectivity index (χ0v) is 14.0. The Balaban J connectivity index is 1.63. The van der Waals surface area contributed by atoms with Crippen molar-refractivity contribution in [2.45, 2.75) is 20.0 Å². The van der Waals surface area contributed by atoms with Gasteiger partial charge >= 0.3 is 5.97 Å². The lowest BCUT2D eigenvalue weighted by atomic mass is 10.1. The van der Waals surface area contributed by atoms with Crippen LogP contribution in [0.15, 0.2) is 54.2 Å². The predicted molar refractivity (Wildman–Crippen MR) is 91.4 cm³/mol. The summed E-state index contributed by atoms with van der Waals surface area (Å²) >= 11 is 1.52. The molecule has 5 nitrogen and oxygen atoms in total. The minimum Gasteiger partial charge on any atom is -0.619 e. The number of carbonyl (C=O) groups excluding carboxylic acids is 1. The first-order chi connectivity index (χ1) is 11.7. The van der Waals surface area contributed by atoms with Gasteiger partial charge in [-0.2, -0.15) is 4.73 Å². The van der Waals surface area contributed by atoms with Crippen LogP contribution in [-0.4, -0.2) is 11.0 Å². The summed E-state index contributed by atoms with van der Waals surface area (Å²) in [5.74, 6) is -0.475. The molecule has 0 atom stereocenters. The molecule has 0 amide bonds. The zero-order chi connectivity index (χ0) is 16.9. The largest absolute Gasteiger partial charge is 0.619 e. The van der Waals surface area contributed by atoms with Crippen LogP contribution >= 0.6 is 11.3 Å². The Morgan fingerprint density at radius 2 is 1.92 bits per heavy atom. The lowest BCUT2D eigenvalue weighted by Crippen LogP contribution is -2.24. The first kappa shape index (κ1) is 16.1. The molecule has 0 aliphatic heterocycles. The Morgan fingerprint density at radius 1 is 1.21 bits per heavy atom. The van der Waals surface area contributed by atoms with Crippen molar-refractivity contribution < 1.29 is 14.3 Å². The summed E-state index contributed by atoms with van der Waals surface area (Å²) in [7, 11) is 0. The van der Waals surface area contributed by atoms with Crippen LogP contribution in [0.2, 0.25) is 0 Å². The first-order valence-electron chi connectivity index (χ1n) is 7.55. The van der Waals surface area contributed by atoms with Crippen LogP contribution in [0.4, 0.5) is 0 Å². The number of ether oxygens (including phenoxy) is 1. The van der Waals surface area contributed by atoms with E-state index >= 15 is 0 Å². The van der Waals surface area contributed by atoms with Crippen molar-refractivity contribution in [2.75, 3.05) is 0 Å². The maximum atomic E-state index is 11.9. The van der Waals surface area contributed by atoms with Gasteiger partial charge in [0, 0.05) is 23.1 Å². The van der Waals surface area contributed by atoms with Gasteiger partial charge in [-0.05, 0) is 12.0 Å². The van der Waals surface area contributed by atoms with Crippen molar-refractivity contribution in [3.8, 4) is 10.6 Å². The van der Waals surface area contributed by atoms with E-state index in [-0.39, 0.29) is 6.61 Å². The molecule has 0 unspecified atom stereocenters. The summed E-state index contributed by atoms with van der Waals surface area (Å²) in [5.41, 5.74) is 3.38. The van der Waals surface area contributed by atoms with E-state index in [9.17, 15) is 10.0 Å². The summed E-state index contributed by atoms with van der Waals surface area (Å²) in [6, 6.07) is 11.1. The third-order valence-corrected chi connectivity index (χ3v) is 4.49. The number of aromatic nitrogens is 2. The highest BCUT2D eigenvalue weighted by Gasteiger charge is 2.11. The van der Waals surface area contributed by atoms with Gasteiger partial charge in [-0.25, -0.2) is 9.78 Å². The fraction of sp³-hybridized carbons (Fsp3) is 0.167. The second-order valence-electron chi connectivity index (χ2n) is 5.22. The lowest BCUT2D eigenvalue weighted by molar-refractivity contribution is -0.605. The Labute approximate surface area is 143 Å². The van der Waals surface area contributed by atoms with Crippen molar-refractivity contribution in [3.05, 3.63) is 76.2 Å².